The normalized spacial score (nSPS) is 17.9. The second-order valence-corrected chi connectivity index (χ2v) is 6.88. The molecule has 2 N–H and O–H groups in total. The average molecular weight is 463 g/mol. The topological polar surface area (TPSA) is 65.7 Å². The van der Waals surface area contributed by atoms with Crippen LogP contribution in [0.5, 0.6) is 0 Å². The van der Waals surface area contributed by atoms with E-state index in [2.05, 4.69) is 39.4 Å². The highest BCUT2D eigenvalue weighted by molar-refractivity contribution is 14.0. The highest BCUT2D eigenvalue weighted by Gasteiger charge is 2.21. The van der Waals surface area contributed by atoms with Gasteiger partial charge >= 0.3 is 0 Å². The summed E-state index contributed by atoms with van der Waals surface area (Å²) in [4.78, 5) is 11.2. The third kappa shape index (κ3) is 7.13. The SMILES string of the molecule is CCC(C)NC(=NC)NCC1CCN(Cc2nc(C)c(C)o2)CC1.I. The summed E-state index contributed by atoms with van der Waals surface area (Å²) < 4.78 is 5.70. The Balaban J connectivity index is 0.00000312. The first-order chi connectivity index (χ1) is 11.5. The van der Waals surface area contributed by atoms with Gasteiger partial charge in [-0.2, -0.15) is 0 Å². The van der Waals surface area contributed by atoms with Gasteiger partial charge in [0.1, 0.15) is 5.76 Å². The summed E-state index contributed by atoms with van der Waals surface area (Å²) in [5.74, 6) is 3.39. The average Bonchev–Trinajstić information content (AvgIpc) is 2.90. The van der Waals surface area contributed by atoms with Crippen LogP contribution in [0, 0.1) is 19.8 Å². The summed E-state index contributed by atoms with van der Waals surface area (Å²) in [6.45, 7) is 12.3. The number of hydrogen-bond acceptors (Lipinski definition) is 4. The Kier molecular flexibility index (Phi) is 9.78. The number of aliphatic imine (C=N–C) groups is 1. The van der Waals surface area contributed by atoms with Crippen molar-refractivity contribution >= 4 is 29.9 Å². The van der Waals surface area contributed by atoms with Crippen molar-refractivity contribution in [3.05, 3.63) is 17.3 Å². The Morgan fingerprint density at radius 3 is 2.56 bits per heavy atom. The van der Waals surface area contributed by atoms with Crippen molar-refractivity contribution in [1.82, 2.24) is 20.5 Å². The lowest BCUT2D eigenvalue weighted by molar-refractivity contribution is 0.164. The number of nitrogens with zero attached hydrogens (tertiary/aromatic N) is 3. The molecule has 1 aliphatic rings. The predicted octanol–water partition coefficient (Wildman–Crippen LogP) is 3.08. The number of halogens is 1. The number of rotatable bonds is 6. The van der Waals surface area contributed by atoms with Crippen LogP contribution in [0.4, 0.5) is 0 Å². The fourth-order valence-corrected chi connectivity index (χ4v) is 2.92. The number of hydrogen-bond donors (Lipinski definition) is 2. The Morgan fingerprint density at radius 1 is 1.36 bits per heavy atom. The third-order valence-electron chi connectivity index (χ3n) is 4.92. The molecule has 1 aromatic heterocycles. The Bertz CT molecular complexity index is 518. The first-order valence-electron chi connectivity index (χ1n) is 9.14. The number of guanidine groups is 1. The Labute approximate surface area is 169 Å². The molecular formula is C18H34IN5O. The van der Waals surface area contributed by atoms with Crippen molar-refractivity contribution in [2.45, 2.75) is 59.5 Å². The van der Waals surface area contributed by atoms with E-state index in [9.17, 15) is 0 Å². The van der Waals surface area contributed by atoms with Gasteiger partial charge in [-0.15, -0.1) is 24.0 Å². The van der Waals surface area contributed by atoms with Crippen molar-refractivity contribution in [3.8, 4) is 0 Å². The van der Waals surface area contributed by atoms with Gasteiger partial charge in [-0.25, -0.2) is 4.98 Å². The minimum atomic E-state index is 0. The molecule has 1 aliphatic heterocycles. The van der Waals surface area contributed by atoms with E-state index in [-0.39, 0.29) is 24.0 Å². The molecule has 1 aromatic rings. The molecule has 144 valence electrons. The lowest BCUT2D eigenvalue weighted by Crippen LogP contribution is -2.45. The van der Waals surface area contributed by atoms with E-state index >= 15 is 0 Å². The van der Waals surface area contributed by atoms with Gasteiger partial charge in [0.25, 0.3) is 0 Å². The molecule has 0 aliphatic carbocycles. The summed E-state index contributed by atoms with van der Waals surface area (Å²) in [5.41, 5.74) is 1.00. The molecule has 7 heteroatoms. The molecule has 1 unspecified atom stereocenters. The van der Waals surface area contributed by atoms with Crippen LogP contribution in [0.3, 0.4) is 0 Å². The number of likely N-dealkylation sites (tertiary alicyclic amines) is 1. The first-order valence-corrected chi connectivity index (χ1v) is 9.14. The summed E-state index contributed by atoms with van der Waals surface area (Å²) >= 11 is 0. The van der Waals surface area contributed by atoms with Gasteiger partial charge in [0.15, 0.2) is 5.96 Å². The number of piperidine rings is 1. The summed E-state index contributed by atoms with van der Waals surface area (Å²) in [5, 5.41) is 6.88. The highest BCUT2D eigenvalue weighted by Crippen LogP contribution is 2.19. The monoisotopic (exact) mass is 463 g/mol. The van der Waals surface area contributed by atoms with E-state index in [0.29, 0.717) is 12.0 Å². The maximum absolute atomic E-state index is 5.70. The highest BCUT2D eigenvalue weighted by atomic mass is 127. The van der Waals surface area contributed by atoms with E-state index in [4.69, 9.17) is 4.42 Å². The zero-order chi connectivity index (χ0) is 17.5. The van der Waals surface area contributed by atoms with E-state index in [1.165, 1.54) is 12.8 Å². The van der Waals surface area contributed by atoms with Crippen LogP contribution in [0.2, 0.25) is 0 Å². The van der Waals surface area contributed by atoms with Crippen LogP contribution in [0.25, 0.3) is 0 Å². The van der Waals surface area contributed by atoms with E-state index < -0.39 is 0 Å². The van der Waals surface area contributed by atoms with E-state index in [1.807, 2.05) is 20.9 Å². The molecule has 0 saturated carbocycles. The molecule has 0 bridgehead atoms. The van der Waals surface area contributed by atoms with Gasteiger partial charge in [-0.1, -0.05) is 6.92 Å². The largest absolute Gasteiger partial charge is 0.444 e. The van der Waals surface area contributed by atoms with Gasteiger partial charge in [0, 0.05) is 19.6 Å². The Morgan fingerprint density at radius 2 is 2.04 bits per heavy atom. The number of aryl methyl sites for hydroxylation is 2. The molecule has 0 amide bonds. The minimum Gasteiger partial charge on any atom is -0.444 e. The molecule has 2 rings (SSSR count). The van der Waals surface area contributed by atoms with Crippen LogP contribution in [0.15, 0.2) is 9.41 Å². The quantitative estimate of drug-likeness (QED) is 0.386. The smallest absolute Gasteiger partial charge is 0.208 e. The van der Waals surface area contributed by atoms with Crippen LogP contribution < -0.4 is 10.6 Å². The summed E-state index contributed by atoms with van der Waals surface area (Å²) in [7, 11) is 1.83. The summed E-state index contributed by atoms with van der Waals surface area (Å²) in [6, 6.07) is 0.450. The standard InChI is InChI=1S/C18H33N5O.HI/c1-6-13(2)21-18(19-5)20-11-16-7-9-23(10-8-16)12-17-22-14(3)15(4)24-17;/h13,16H,6-12H2,1-5H3,(H2,19,20,21);1H. The molecule has 0 radical (unpaired) electrons. The van der Waals surface area contributed by atoms with Gasteiger partial charge in [0.05, 0.1) is 12.2 Å². The van der Waals surface area contributed by atoms with Crippen molar-refractivity contribution in [3.63, 3.8) is 0 Å². The first kappa shape index (κ1) is 22.2. The van der Waals surface area contributed by atoms with Gasteiger partial charge in [-0.3, -0.25) is 9.89 Å². The van der Waals surface area contributed by atoms with Crippen molar-refractivity contribution in [2.75, 3.05) is 26.7 Å². The fraction of sp³-hybridized carbons (Fsp3) is 0.778. The minimum absolute atomic E-state index is 0. The molecule has 1 saturated heterocycles. The van der Waals surface area contributed by atoms with Crippen molar-refractivity contribution < 1.29 is 4.42 Å². The number of nitrogens with one attached hydrogen (secondary N) is 2. The van der Waals surface area contributed by atoms with Crippen LogP contribution in [-0.2, 0) is 6.54 Å². The Hall–Kier alpha value is -0.830. The van der Waals surface area contributed by atoms with Gasteiger partial charge < -0.3 is 15.1 Å². The van der Waals surface area contributed by atoms with Crippen molar-refractivity contribution in [2.24, 2.45) is 10.9 Å². The van der Waals surface area contributed by atoms with E-state index in [1.54, 1.807) is 0 Å². The van der Waals surface area contributed by atoms with Crippen molar-refractivity contribution in [1.29, 1.82) is 0 Å². The van der Waals surface area contributed by atoms with Crippen LogP contribution in [-0.4, -0.2) is 48.6 Å². The lowest BCUT2D eigenvalue weighted by atomic mass is 9.97. The van der Waals surface area contributed by atoms with Gasteiger partial charge in [-0.05, 0) is 59.0 Å². The second-order valence-electron chi connectivity index (χ2n) is 6.88. The molecule has 6 nitrogen and oxygen atoms in total. The molecular weight excluding hydrogens is 429 g/mol. The maximum Gasteiger partial charge on any atom is 0.208 e. The van der Waals surface area contributed by atoms with Crippen LogP contribution in [0.1, 0.15) is 50.5 Å². The molecule has 2 heterocycles. The predicted molar refractivity (Wildman–Crippen MR) is 114 cm³/mol. The zero-order valence-corrected chi connectivity index (χ0v) is 18.6. The summed E-state index contributed by atoms with van der Waals surface area (Å²) in [6.07, 6.45) is 3.50. The fourth-order valence-electron chi connectivity index (χ4n) is 2.92. The molecule has 25 heavy (non-hydrogen) atoms. The maximum atomic E-state index is 5.70. The molecule has 0 aromatic carbocycles. The molecule has 1 fully saturated rings. The lowest BCUT2D eigenvalue weighted by Gasteiger charge is -2.31. The van der Waals surface area contributed by atoms with E-state index in [0.717, 1.165) is 55.9 Å². The molecule has 0 spiro atoms. The number of aromatic nitrogens is 1. The second kappa shape index (κ2) is 11.0. The third-order valence-corrected chi connectivity index (χ3v) is 4.92. The van der Waals surface area contributed by atoms with Crippen LogP contribution >= 0.6 is 24.0 Å². The number of oxazole rings is 1. The zero-order valence-electron chi connectivity index (χ0n) is 16.3. The molecule has 1 atom stereocenters. The van der Waals surface area contributed by atoms with Gasteiger partial charge in [0.2, 0.25) is 5.89 Å².